The molecule has 0 saturated heterocycles. The van der Waals surface area contributed by atoms with E-state index in [-0.39, 0.29) is 11.9 Å². The van der Waals surface area contributed by atoms with Gasteiger partial charge >= 0.3 is 5.97 Å². The van der Waals surface area contributed by atoms with E-state index in [0.29, 0.717) is 0 Å². The van der Waals surface area contributed by atoms with Crippen molar-refractivity contribution in [1.29, 1.82) is 0 Å². The van der Waals surface area contributed by atoms with Crippen LogP contribution < -0.4 is 5.32 Å². The van der Waals surface area contributed by atoms with Gasteiger partial charge in [0.2, 0.25) is 0 Å². The van der Waals surface area contributed by atoms with E-state index in [1.54, 1.807) is 0 Å². The van der Waals surface area contributed by atoms with Gasteiger partial charge in [-0.2, -0.15) is 0 Å². The number of anilines is 1. The first kappa shape index (κ1) is 11.0. The highest BCUT2D eigenvalue weighted by molar-refractivity contribution is 5.78. The minimum Gasteiger partial charge on any atom is -0.469 e. The van der Waals surface area contributed by atoms with Crippen molar-refractivity contribution >= 4 is 11.7 Å². The molecule has 1 aliphatic rings. The lowest BCUT2D eigenvalue weighted by atomic mass is 9.95. The molecular weight excluding hydrogens is 202 g/mol. The number of carbonyl (C=O) groups is 1. The first-order valence-corrected chi connectivity index (χ1v) is 5.67. The fraction of sp³-hybridized carbons (Fsp3) is 0.462. The van der Waals surface area contributed by atoms with Gasteiger partial charge in [0.15, 0.2) is 0 Å². The molecule has 0 bridgehead atoms. The van der Waals surface area contributed by atoms with Gasteiger partial charge in [-0.25, -0.2) is 0 Å². The number of rotatable bonds is 2. The zero-order valence-electron chi connectivity index (χ0n) is 9.75. The van der Waals surface area contributed by atoms with Crippen molar-refractivity contribution in [2.75, 3.05) is 19.0 Å². The van der Waals surface area contributed by atoms with Crippen molar-refractivity contribution in [3.05, 3.63) is 29.3 Å². The summed E-state index contributed by atoms with van der Waals surface area (Å²) >= 11 is 0. The van der Waals surface area contributed by atoms with Crippen LogP contribution in [0.3, 0.4) is 0 Å². The van der Waals surface area contributed by atoms with Gasteiger partial charge in [-0.3, -0.25) is 4.79 Å². The number of hydrogen-bond acceptors (Lipinski definition) is 3. The quantitative estimate of drug-likeness (QED) is 0.776. The zero-order valence-corrected chi connectivity index (χ0v) is 9.75. The van der Waals surface area contributed by atoms with Gasteiger partial charge < -0.3 is 10.1 Å². The van der Waals surface area contributed by atoms with Crippen LogP contribution in [0.5, 0.6) is 0 Å². The Kier molecular flexibility index (Phi) is 3.13. The molecule has 1 heterocycles. The lowest BCUT2D eigenvalue weighted by molar-refractivity contribution is -0.141. The van der Waals surface area contributed by atoms with E-state index in [0.717, 1.165) is 24.9 Å². The van der Waals surface area contributed by atoms with Gasteiger partial charge in [0, 0.05) is 12.2 Å². The lowest BCUT2D eigenvalue weighted by Gasteiger charge is -2.20. The smallest absolute Gasteiger partial charge is 0.312 e. The van der Waals surface area contributed by atoms with E-state index >= 15 is 0 Å². The molecule has 0 spiro atoms. The van der Waals surface area contributed by atoms with Gasteiger partial charge in [-0.15, -0.1) is 0 Å². The van der Waals surface area contributed by atoms with Crippen LogP contribution in [-0.4, -0.2) is 19.6 Å². The highest BCUT2D eigenvalue weighted by Crippen LogP contribution is 2.26. The number of aryl methyl sites for hydroxylation is 1. The second-order valence-corrected chi connectivity index (χ2v) is 4.19. The Morgan fingerprint density at radius 1 is 1.50 bits per heavy atom. The summed E-state index contributed by atoms with van der Waals surface area (Å²) in [5, 5.41) is 3.36. The maximum absolute atomic E-state index is 11.4. The van der Waals surface area contributed by atoms with Crippen LogP contribution in [0.1, 0.15) is 30.4 Å². The fourth-order valence-electron chi connectivity index (χ4n) is 2.08. The summed E-state index contributed by atoms with van der Waals surface area (Å²) in [5.41, 5.74) is 3.54. The van der Waals surface area contributed by atoms with Crippen LogP contribution in [0, 0.1) is 0 Å². The Hall–Kier alpha value is -1.51. The van der Waals surface area contributed by atoms with Gasteiger partial charge in [0.1, 0.15) is 0 Å². The van der Waals surface area contributed by atoms with E-state index in [4.69, 9.17) is 4.74 Å². The maximum atomic E-state index is 11.4. The molecule has 3 heteroatoms. The highest BCUT2D eigenvalue weighted by atomic mass is 16.5. The zero-order chi connectivity index (χ0) is 11.5. The molecule has 0 aliphatic carbocycles. The van der Waals surface area contributed by atoms with Gasteiger partial charge in [-0.05, 0) is 37.0 Å². The number of esters is 1. The Bertz CT molecular complexity index is 401. The van der Waals surface area contributed by atoms with E-state index in [1.807, 2.05) is 13.0 Å². The Balaban J connectivity index is 2.26. The lowest BCUT2D eigenvalue weighted by Crippen LogP contribution is -2.14. The summed E-state index contributed by atoms with van der Waals surface area (Å²) in [4.78, 5) is 11.4. The standard InChI is InChI=1S/C13H17NO2/c1-9(13(15)16-2)10-5-6-12-11(8-10)4-3-7-14-12/h5-6,8-9,14H,3-4,7H2,1-2H3/t9-/m0/s1. The molecule has 0 amide bonds. The minimum absolute atomic E-state index is 0.177. The van der Waals surface area contributed by atoms with Crippen LogP contribution in [-0.2, 0) is 16.0 Å². The Morgan fingerprint density at radius 2 is 2.31 bits per heavy atom. The second-order valence-electron chi connectivity index (χ2n) is 4.19. The summed E-state index contributed by atoms with van der Waals surface area (Å²) in [7, 11) is 1.43. The number of fused-ring (bicyclic) bond motifs is 1. The van der Waals surface area contributed by atoms with E-state index in [9.17, 15) is 4.79 Å². The Morgan fingerprint density at radius 3 is 3.06 bits per heavy atom. The molecule has 1 N–H and O–H groups in total. The van der Waals surface area contributed by atoms with Gasteiger partial charge in [-0.1, -0.05) is 12.1 Å². The largest absolute Gasteiger partial charge is 0.469 e. The number of hydrogen-bond donors (Lipinski definition) is 1. The maximum Gasteiger partial charge on any atom is 0.312 e. The number of ether oxygens (including phenoxy) is 1. The fourth-order valence-corrected chi connectivity index (χ4v) is 2.08. The molecular formula is C13H17NO2. The number of benzene rings is 1. The van der Waals surface area contributed by atoms with Crippen LogP contribution in [0.4, 0.5) is 5.69 Å². The normalized spacial score (nSPS) is 15.9. The summed E-state index contributed by atoms with van der Waals surface area (Å²) in [6, 6.07) is 6.17. The Labute approximate surface area is 95.8 Å². The first-order chi connectivity index (χ1) is 7.72. The first-order valence-electron chi connectivity index (χ1n) is 5.67. The average Bonchev–Trinajstić information content (AvgIpc) is 2.36. The molecule has 1 atom stereocenters. The van der Waals surface area contributed by atoms with Crippen LogP contribution in [0.25, 0.3) is 0 Å². The summed E-state index contributed by atoms with van der Waals surface area (Å²) < 4.78 is 4.76. The van der Waals surface area contributed by atoms with Gasteiger partial charge in [0.25, 0.3) is 0 Å². The van der Waals surface area contributed by atoms with Crippen LogP contribution in [0.2, 0.25) is 0 Å². The third-order valence-corrected chi connectivity index (χ3v) is 3.12. The molecule has 1 aromatic carbocycles. The summed E-state index contributed by atoms with van der Waals surface area (Å²) in [6.45, 7) is 2.92. The summed E-state index contributed by atoms with van der Waals surface area (Å²) in [5.74, 6) is -0.360. The molecule has 86 valence electrons. The van der Waals surface area contributed by atoms with Crippen LogP contribution >= 0.6 is 0 Å². The molecule has 2 rings (SSSR count). The molecule has 0 unspecified atom stereocenters. The molecule has 0 aromatic heterocycles. The predicted molar refractivity (Wildman–Crippen MR) is 63.7 cm³/mol. The van der Waals surface area contributed by atoms with E-state index in [2.05, 4.69) is 17.4 Å². The SMILES string of the molecule is COC(=O)[C@@H](C)c1ccc2c(c1)CCCN2. The van der Waals surface area contributed by atoms with Crippen molar-refractivity contribution < 1.29 is 9.53 Å². The van der Waals surface area contributed by atoms with Crippen molar-refractivity contribution in [2.45, 2.75) is 25.7 Å². The average molecular weight is 219 g/mol. The molecule has 0 radical (unpaired) electrons. The second kappa shape index (κ2) is 4.56. The third kappa shape index (κ3) is 2.03. The molecule has 3 nitrogen and oxygen atoms in total. The summed E-state index contributed by atoms with van der Waals surface area (Å²) in [6.07, 6.45) is 2.24. The topological polar surface area (TPSA) is 38.3 Å². The number of methoxy groups -OCH3 is 1. The number of carbonyl (C=O) groups excluding carboxylic acids is 1. The molecule has 0 saturated carbocycles. The minimum atomic E-state index is -0.183. The molecule has 1 aliphatic heterocycles. The van der Waals surface area contributed by atoms with Gasteiger partial charge in [0.05, 0.1) is 13.0 Å². The third-order valence-electron chi connectivity index (χ3n) is 3.12. The molecule has 16 heavy (non-hydrogen) atoms. The number of nitrogens with one attached hydrogen (secondary N) is 1. The van der Waals surface area contributed by atoms with Crippen molar-refractivity contribution in [3.63, 3.8) is 0 Å². The monoisotopic (exact) mass is 219 g/mol. The molecule has 1 aromatic rings. The highest BCUT2D eigenvalue weighted by Gasteiger charge is 2.17. The van der Waals surface area contributed by atoms with E-state index < -0.39 is 0 Å². The predicted octanol–water partition coefficient (Wildman–Crippen LogP) is 2.32. The van der Waals surface area contributed by atoms with Crippen LogP contribution in [0.15, 0.2) is 18.2 Å². The van der Waals surface area contributed by atoms with Crippen molar-refractivity contribution in [1.82, 2.24) is 0 Å². The van der Waals surface area contributed by atoms with Crippen molar-refractivity contribution in [2.24, 2.45) is 0 Å². The van der Waals surface area contributed by atoms with Crippen molar-refractivity contribution in [3.8, 4) is 0 Å². The molecule has 0 fully saturated rings. The van der Waals surface area contributed by atoms with E-state index in [1.165, 1.54) is 18.4 Å².